The van der Waals surface area contributed by atoms with Crippen molar-refractivity contribution >= 4 is 12.2 Å². The van der Waals surface area contributed by atoms with Gasteiger partial charge in [-0.05, 0) is 24.4 Å². The molecule has 0 saturated heterocycles. The Balaban J connectivity index is 2.51. The van der Waals surface area contributed by atoms with Crippen molar-refractivity contribution in [3.8, 4) is 11.4 Å². The minimum absolute atomic E-state index is 0.203. The lowest BCUT2D eigenvalue weighted by Gasteiger charge is -1.90. The van der Waals surface area contributed by atoms with Crippen LogP contribution in [0.3, 0.4) is 0 Å². The van der Waals surface area contributed by atoms with E-state index in [0.717, 1.165) is 5.56 Å². The van der Waals surface area contributed by atoms with Crippen molar-refractivity contribution in [3.63, 3.8) is 0 Å². The van der Waals surface area contributed by atoms with Crippen molar-refractivity contribution in [2.24, 2.45) is 0 Å². The zero-order valence-corrected chi connectivity index (χ0v) is 6.84. The molecule has 0 aliphatic heterocycles. The molecule has 4 nitrogen and oxygen atoms in total. The molecular formula is C7H5N3OS. The van der Waals surface area contributed by atoms with E-state index in [-0.39, 0.29) is 4.84 Å². The molecule has 0 saturated carbocycles. The first-order valence-corrected chi connectivity index (χ1v) is 3.73. The van der Waals surface area contributed by atoms with E-state index in [0.29, 0.717) is 5.82 Å². The van der Waals surface area contributed by atoms with Crippen LogP contribution in [0.15, 0.2) is 29.0 Å². The maximum atomic E-state index is 4.77. The number of aromatic amines is 1. The first kappa shape index (κ1) is 7.17. The molecule has 0 aliphatic carbocycles. The van der Waals surface area contributed by atoms with Gasteiger partial charge in [-0.3, -0.25) is 4.98 Å². The van der Waals surface area contributed by atoms with Crippen molar-refractivity contribution in [1.29, 1.82) is 0 Å². The molecule has 0 unspecified atom stereocenters. The van der Waals surface area contributed by atoms with Crippen LogP contribution in [0.1, 0.15) is 0 Å². The number of H-pyrrole nitrogens is 1. The highest BCUT2D eigenvalue weighted by Crippen LogP contribution is 2.11. The SMILES string of the molecule is S=c1nc(-c2cccnc2)[nH]o1. The number of pyridine rings is 1. The maximum absolute atomic E-state index is 4.77. The number of nitrogens with one attached hydrogen (secondary N) is 1. The summed E-state index contributed by atoms with van der Waals surface area (Å²) in [6.45, 7) is 0. The smallest absolute Gasteiger partial charge is 0.314 e. The van der Waals surface area contributed by atoms with Crippen LogP contribution in [0, 0.1) is 4.84 Å². The molecular weight excluding hydrogens is 174 g/mol. The van der Waals surface area contributed by atoms with E-state index >= 15 is 0 Å². The zero-order chi connectivity index (χ0) is 8.39. The number of aromatic nitrogens is 3. The molecule has 0 bridgehead atoms. The Bertz CT molecular complexity index is 419. The summed E-state index contributed by atoms with van der Waals surface area (Å²) >= 11 is 4.70. The lowest BCUT2D eigenvalue weighted by molar-refractivity contribution is 0.406. The quantitative estimate of drug-likeness (QED) is 0.678. The molecule has 0 atom stereocenters. The van der Waals surface area contributed by atoms with Crippen LogP contribution < -0.4 is 0 Å². The summed E-state index contributed by atoms with van der Waals surface area (Å²) in [5, 5.41) is 2.59. The molecule has 2 heterocycles. The average Bonchev–Trinajstić information content (AvgIpc) is 2.54. The molecule has 2 aromatic heterocycles. The Hall–Kier alpha value is -1.49. The van der Waals surface area contributed by atoms with Crippen molar-refractivity contribution in [1.82, 2.24) is 15.1 Å². The third kappa shape index (κ3) is 1.26. The normalized spacial score (nSPS) is 10.0. The fraction of sp³-hybridized carbons (Fsp3) is 0. The highest BCUT2D eigenvalue weighted by atomic mass is 32.1. The number of hydrogen-bond donors (Lipinski definition) is 1. The first-order valence-electron chi connectivity index (χ1n) is 3.32. The summed E-state index contributed by atoms with van der Waals surface area (Å²) in [5.41, 5.74) is 0.859. The Morgan fingerprint density at radius 3 is 3.00 bits per heavy atom. The van der Waals surface area contributed by atoms with Crippen molar-refractivity contribution in [2.75, 3.05) is 0 Å². The molecule has 0 spiro atoms. The molecule has 0 radical (unpaired) electrons. The summed E-state index contributed by atoms with van der Waals surface area (Å²) in [7, 11) is 0. The average molecular weight is 179 g/mol. The van der Waals surface area contributed by atoms with Gasteiger partial charge in [0.15, 0.2) is 5.82 Å². The van der Waals surface area contributed by atoms with Gasteiger partial charge >= 0.3 is 4.84 Å². The Morgan fingerprint density at radius 1 is 1.50 bits per heavy atom. The molecule has 2 aromatic rings. The minimum Gasteiger partial charge on any atom is -0.348 e. The third-order valence-electron chi connectivity index (χ3n) is 1.37. The lowest BCUT2D eigenvalue weighted by Crippen LogP contribution is -1.80. The van der Waals surface area contributed by atoms with Gasteiger partial charge < -0.3 is 4.52 Å². The van der Waals surface area contributed by atoms with E-state index < -0.39 is 0 Å². The zero-order valence-electron chi connectivity index (χ0n) is 6.02. The molecule has 0 aromatic carbocycles. The summed E-state index contributed by atoms with van der Waals surface area (Å²) < 4.78 is 4.77. The second-order valence-electron chi connectivity index (χ2n) is 2.17. The summed E-state index contributed by atoms with van der Waals surface area (Å²) in [4.78, 5) is 8.07. The molecule has 0 amide bonds. The predicted molar refractivity (Wildman–Crippen MR) is 44.9 cm³/mol. The van der Waals surface area contributed by atoms with Gasteiger partial charge in [0.1, 0.15) is 0 Å². The Kier molecular flexibility index (Phi) is 1.71. The van der Waals surface area contributed by atoms with Gasteiger partial charge in [-0.1, -0.05) is 0 Å². The van der Waals surface area contributed by atoms with Gasteiger partial charge in [-0.15, -0.1) is 0 Å². The van der Waals surface area contributed by atoms with Crippen LogP contribution in [0.5, 0.6) is 0 Å². The van der Waals surface area contributed by atoms with E-state index in [4.69, 9.17) is 16.7 Å². The molecule has 12 heavy (non-hydrogen) atoms. The molecule has 1 N–H and O–H groups in total. The monoisotopic (exact) mass is 179 g/mol. The maximum Gasteiger partial charge on any atom is 0.314 e. The van der Waals surface area contributed by atoms with E-state index in [1.54, 1.807) is 12.4 Å². The predicted octanol–water partition coefficient (Wildman–Crippen LogP) is 1.79. The fourth-order valence-corrected chi connectivity index (χ4v) is 0.988. The molecule has 0 fully saturated rings. The lowest BCUT2D eigenvalue weighted by atomic mass is 10.3. The van der Waals surface area contributed by atoms with Crippen LogP contribution in [0.25, 0.3) is 11.4 Å². The second kappa shape index (κ2) is 2.86. The van der Waals surface area contributed by atoms with Gasteiger partial charge in [-0.25, -0.2) is 5.16 Å². The highest BCUT2D eigenvalue weighted by molar-refractivity contribution is 7.71. The van der Waals surface area contributed by atoms with Crippen LogP contribution in [0.2, 0.25) is 0 Å². The van der Waals surface area contributed by atoms with E-state index in [1.807, 2.05) is 12.1 Å². The van der Waals surface area contributed by atoms with Gasteiger partial charge in [-0.2, -0.15) is 4.98 Å². The summed E-state index contributed by atoms with van der Waals surface area (Å²) in [5.74, 6) is 0.605. The Labute approximate surface area is 73.3 Å². The topological polar surface area (TPSA) is 54.7 Å². The van der Waals surface area contributed by atoms with Crippen LogP contribution >= 0.6 is 12.2 Å². The summed E-state index contributed by atoms with van der Waals surface area (Å²) in [6, 6.07) is 3.69. The van der Waals surface area contributed by atoms with Crippen LogP contribution in [-0.4, -0.2) is 15.1 Å². The molecule has 5 heteroatoms. The number of nitrogens with zero attached hydrogens (tertiary/aromatic N) is 2. The van der Waals surface area contributed by atoms with E-state index in [1.165, 1.54) is 0 Å². The van der Waals surface area contributed by atoms with Crippen molar-refractivity contribution < 1.29 is 4.52 Å². The van der Waals surface area contributed by atoms with Gasteiger partial charge in [0, 0.05) is 18.0 Å². The standard InChI is InChI=1S/C7H5N3OS/c12-7-9-6(10-11-7)5-2-1-3-8-4-5/h1-4H,(H,9,10,12). The summed E-state index contributed by atoms with van der Waals surface area (Å²) in [6.07, 6.45) is 3.38. The molecule has 0 aliphatic rings. The second-order valence-corrected chi connectivity index (χ2v) is 2.52. The minimum atomic E-state index is 0.203. The fourth-order valence-electron chi connectivity index (χ4n) is 0.855. The van der Waals surface area contributed by atoms with Gasteiger partial charge in [0.05, 0.1) is 0 Å². The van der Waals surface area contributed by atoms with E-state index in [9.17, 15) is 0 Å². The van der Waals surface area contributed by atoms with E-state index in [2.05, 4.69) is 15.1 Å². The first-order chi connectivity index (χ1) is 5.86. The van der Waals surface area contributed by atoms with Crippen molar-refractivity contribution in [3.05, 3.63) is 29.4 Å². The molecule has 2 rings (SSSR count). The van der Waals surface area contributed by atoms with Crippen molar-refractivity contribution in [2.45, 2.75) is 0 Å². The Morgan fingerprint density at radius 2 is 2.42 bits per heavy atom. The highest BCUT2D eigenvalue weighted by Gasteiger charge is 2.00. The number of rotatable bonds is 1. The van der Waals surface area contributed by atoms with Crippen LogP contribution in [-0.2, 0) is 0 Å². The third-order valence-corrected chi connectivity index (χ3v) is 1.55. The largest absolute Gasteiger partial charge is 0.348 e. The number of hydrogen-bond acceptors (Lipinski definition) is 4. The van der Waals surface area contributed by atoms with Crippen LogP contribution in [0.4, 0.5) is 0 Å². The molecule has 60 valence electrons. The van der Waals surface area contributed by atoms with Gasteiger partial charge in [0.2, 0.25) is 0 Å². The van der Waals surface area contributed by atoms with Gasteiger partial charge in [0.25, 0.3) is 0 Å².